The van der Waals surface area contributed by atoms with Crippen molar-refractivity contribution in [3.05, 3.63) is 49.7 Å². The Bertz CT molecular complexity index is 1120. The fourth-order valence-corrected chi connectivity index (χ4v) is 7.01. The van der Waals surface area contributed by atoms with Crippen LogP contribution in [0.15, 0.2) is 18.2 Å². The summed E-state index contributed by atoms with van der Waals surface area (Å²) in [5.74, 6) is -0.138. The van der Waals surface area contributed by atoms with Crippen LogP contribution in [-0.2, 0) is 12.8 Å². The predicted molar refractivity (Wildman–Crippen MR) is 123 cm³/mol. The minimum Gasteiger partial charge on any atom is -0.365 e. The molecule has 0 fully saturated rings. The molecule has 1 aromatic carbocycles. The predicted octanol–water partition coefficient (Wildman–Crippen LogP) is 6.18. The summed E-state index contributed by atoms with van der Waals surface area (Å²) in [5.41, 5.74) is 8.30. The van der Waals surface area contributed by atoms with Crippen LogP contribution in [0.25, 0.3) is 10.1 Å². The van der Waals surface area contributed by atoms with E-state index in [0.717, 1.165) is 46.9 Å². The van der Waals surface area contributed by atoms with Crippen molar-refractivity contribution < 1.29 is 9.59 Å². The van der Waals surface area contributed by atoms with E-state index in [2.05, 4.69) is 12.2 Å². The van der Waals surface area contributed by atoms with Crippen molar-refractivity contribution in [1.29, 1.82) is 0 Å². The van der Waals surface area contributed by atoms with Crippen LogP contribution in [0.3, 0.4) is 0 Å². The van der Waals surface area contributed by atoms with Gasteiger partial charge in [0.1, 0.15) is 9.88 Å². The van der Waals surface area contributed by atoms with E-state index in [0.29, 0.717) is 26.4 Å². The van der Waals surface area contributed by atoms with Gasteiger partial charge in [0.05, 0.1) is 10.6 Å². The van der Waals surface area contributed by atoms with Gasteiger partial charge in [-0.3, -0.25) is 9.59 Å². The Kier molecular flexibility index (Phi) is 5.69. The lowest BCUT2D eigenvalue weighted by Crippen LogP contribution is -2.19. The van der Waals surface area contributed by atoms with E-state index in [1.54, 1.807) is 0 Å². The van der Waals surface area contributed by atoms with Crippen LogP contribution in [-0.4, -0.2) is 11.8 Å². The summed E-state index contributed by atoms with van der Waals surface area (Å²) in [6.45, 7) is 4.20. The number of halogens is 1. The Morgan fingerprint density at radius 3 is 2.83 bits per heavy atom. The fraction of sp³-hybridized carbons (Fsp3) is 0.364. The SMILES string of the molecule is CCC[C@H]1CCc2c(sc(NC(=O)c3sc4cc(C)ccc4c3Cl)c2C(N)=O)C1. The van der Waals surface area contributed by atoms with Crippen molar-refractivity contribution in [2.24, 2.45) is 11.7 Å². The number of nitrogens with two attached hydrogens (primary N) is 1. The zero-order valence-corrected chi connectivity index (χ0v) is 18.8. The highest BCUT2D eigenvalue weighted by molar-refractivity contribution is 7.22. The second-order valence-electron chi connectivity index (χ2n) is 7.67. The number of anilines is 1. The average Bonchev–Trinajstić information content (AvgIpc) is 3.18. The van der Waals surface area contributed by atoms with E-state index in [9.17, 15) is 9.59 Å². The third-order valence-electron chi connectivity index (χ3n) is 5.53. The molecule has 0 saturated carbocycles. The molecule has 3 N–H and O–H groups in total. The summed E-state index contributed by atoms with van der Waals surface area (Å²) < 4.78 is 0.975. The fourth-order valence-electron chi connectivity index (χ4n) is 4.14. The number of aryl methyl sites for hydroxylation is 1. The second-order valence-corrected chi connectivity index (χ2v) is 10.2. The number of carbonyl (C=O) groups excluding carboxylic acids is 2. The van der Waals surface area contributed by atoms with Crippen LogP contribution in [0.2, 0.25) is 5.02 Å². The monoisotopic (exact) mass is 446 g/mol. The number of carbonyl (C=O) groups is 2. The van der Waals surface area contributed by atoms with Gasteiger partial charge in [0, 0.05) is 15.0 Å². The van der Waals surface area contributed by atoms with Gasteiger partial charge in [0.25, 0.3) is 11.8 Å². The van der Waals surface area contributed by atoms with Crippen molar-refractivity contribution in [3.8, 4) is 0 Å². The van der Waals surface area contributed by atoms with Crippen LogP contribution >= 0.6 is 34.3 Å². The van der Waals surface area contributed by atoms with Crippen molar-refractivity contribution in [1.82, 2.24) is 0 Å². The molecular formula is C22H23ClN2O2S2. The van der Waals surface area contributed by atoms with E-state index in [1.807, 2.05) is 25.1 Å². The molecule has 0 bridgehead atoms. The normalized spacial score (nSPS) is 16.0. The Morgan fingerprint density at radius 1 is 1.31 bits per heavy atom. The molecule has 1 aliphatic carbocycles. The molecule has 2 heterocycles. The van der Waals surface area contributed by atoms with Gasteiger partial charge in [-0.15, -0.1) is 22.7 Å². The van der Waals surface area contributed by atoms with Crippen LogP contribution in [0.4, 0.5) is 5.00 Å². The van der Waals surface area contributed by atoms with Gasteiger partial charge >= 0.3 is 0 Å². The summed E-state index contributed by atoms with van der Waals surface area (Å²) in [4.78, 5) is 26.8. The van der Waals surface area contributed by atoms with Gasteiger partial charge in [-0.25, -0.2) is 0 Å². The molecule has 152 valence electrons. The Hall–Kier alpha value is -1.89. The molecular weight excluding hydrogens is 424 g/mol. The third kappa shape index (κ3) is 3.81. The van der Waals surface area contributed by atoms with Crippen molar-refractivity contribution in [3.63, 3.8) is 0 Å². The lowest BCUT2D eigenvalue weighted by Gasteiger charge is -2.21. The Labute approximate surface area is 183 Å². The minimum absolute atomic E-state index is 0.292. The Balaban J connectivity index is 1.67. The van der Waals surface area contributed by atoms with Crippen LogP contribution < -0.4 is 11.1 Å². The van der Waals surface area contributed by atoms with E-state index >= 15 is 0 Å². The van der Waals surface area contributed by atoms with Gasteiger partial charge < -0.3 is 11.1 Å². The number of amides is 2. The second kappa shape index (κ2) is 8.09. The summed E-state index contributed by atoms with van der Waals surface area (Å²) in [6.07, 6.45) is 5.19. The number of hydrogen-bond donors (Lipinski definition) is 2. The largest absolute Gasteiger partial charge is 0.365 e. The first-order valence-corrected chi connectivity index (χ1v) is 11.8. The molecule has 0 aliphatic heterocycles. The molecule has 0 unspecified atom stereocenters. The maximum atomic E-state index is 13.0. The van der Waals surface area contributed by atoms with Crippen LogP contribution in [0.5, 0.6) is 0 Å². The molecule has 2 amide bonds. The quantitative estimate of drug-likeness (QED) is 0.491. The summed E-state index contributed by atoms with van der Waals surface area (Å²) in [5, 5.41) is 4.81. The van der Waals surface area contributed by atoms with Gasteiger partial charge in [0.15, 0.2) is 0 Å². The number of fused-ring (bicyclic) bond motifs is 2. The average molecular weight is 447 g/mol. The molecule has 29 heavy (non-hydrogen) atoms. The molecule has 7 heteroatoms. The maximum absolute atomic E-state index is 13.0. The molecule has 1 aliphatic rings. The number of thiophene rings is 2. The summed E-state index contributed by atoms with van der Waals surface area (Å²) >= 11 is 9.34. The number of rotatable bonds is 5. The molecule has 0 saturated heterocycles. The Morgan fingerprint density at radius 2 is 2.10 bits per heavy atom. The van der Waals surface area contributed by atoms with E-state index in [-0.39, 0.29) is 5.91 Å². The van der Waals surface area contributed by atoms with Crippen LogP contribution in [0, 0.1) is 12.8 Å². The number of primary amides is 1. The first kappa shape index (κ1) is 20.4. The summed E-state index contributed by atoms with van der Waals surface area (Å²) in [7, 11) is 0. The molecule has 2 aromatic heterocycles. The molecule has 0 radical (unpaired) electrons. The minimum atomic E-state index is -0.482. The maximum Gasteiger partial charge on any atom is 0.267 e. The first-order valence-electron chi connectivity index (χ1n) is 9.83. The molecule has 4 nitrogen and oxygen atoms in total. The highest BCUT2D eigenvalue weighted by Crippen LogP contribution is 2.42. The van der Waals surface area contributed by atoms with Gasteiger partial charge in [-0.2, -0.15) is 0 Å². The van der Waals surface area contributed by atoms with Crippen molar-refractivity contribution in [2.45, 2.75) is 46.0 Å². The lowest BCUT2D eigenvalue weighted by atomic mass is 9.84. The molecule has 4 rings (SSSR count). The smallest absolute Gasteiger partial charge is 0.267 e. The van der Waals surface area contributed by atoms with Gasteiger partial charge in [-0.05, 0) is 49.3 Å². The van der Waals surface area contributed by atoms with E-state index in [4.69, 9.17) is 17.3 Å². The molecule has 3 aromatic rings. The van der Waals surface area contributed by atoms with E-state index in [1.165, 1.54) is 34.0 Å². The standard InChI is InChI=1S/C22H23ClN2O2S2/c1-3-4-12-6-8-13-16(10-12)29-22(17(13)20(24)26)25-21(27)19-18(23)14-7-5-11(2)9-15(14)28-19/h5,7,9,12H,3-4,6,8,10H2,1-2H3,(H2,24,26)(H,25,27)/t12-/m0/s1. The first-order chi connectivity index (χ1) is 13.9. The number of nitrogens with one attached hydrogen (secondary N) is 1. The van der Waals surface area contributed by atoms with Gasteiger partial charge in [0.2, 0.25) is 0 Å². The molecule has 1 atom stereocenters. The summed E-state index contributed by atoms with van der Waals surface area (Å²) in [6, 6.07) is 5.94. The lowest BCUT2D eigenvalue weighted by molar-refractivity contribution is 0.1000. The number of benzene rings is 1. The highest BCUT2D eigenvalue weighted by atomic mass is 35.5. The van der Waals surface area contributed by atoms with E-state index < -0.39 is 5.91 Å². The van der Waals surface area contributed by atoms with Gasteiger partial charge in [-0.1, -0.05) is 43.5 Å². The van der Waals surface area contributed by atoms with Crippen molar-refractivity contribution in [2.75, 3.05) is 5.32 Å². The molecule has 0 spiro atoms. The third-order valence-corrected chi connectivity index (χ3v) is 8.35. The zero-order valence-electron chi connectivity index (χ0n) is 16.4. The van der Waals surface area contributed by atoms with Crippen LogP contribution in [0.1, 0.15) is 62.2 Å². The topological polar surface area (TPSA) is 72.2 Å². The highest BCUT2D eigenvalue weighted by Gasteiger charge is 2.29. The number of hydrogen-bond acceptors (Lipinski definition) is 4. The zero-order chi connectivity index (χ0) is 20.7. The van der Waals surface area contributed by atoms with Crippen molar-refractivity contribution >= 4 is 61.2 Å².